The Bertz CT molecular complexity index is 774. The third-order valence-electron chi connectivity index (χ3n) is 6.48. The number of likely N-dealkylation sites (tertiary alicyclic amines) is 1. The van der Waals surface area contributed by atoms with Crippen LogP contribution in [-0.4, -0.2) is 50.7 Å². The van der Waals surface area contributed by atoms with Crippen LogP contribution in [-0.2, 0) is 9.59 Å². The molecule has 2 saturated carbocycles. The van der Waals surface area contributed by atoms with Crippen molar-refractivity contribution in [3.8, 4) is 0 Å². The van der Waals surface area contributed by atoms with Gasteiger partial charge in [-0.25, -0.2) is 10.4 Å². The van der Waals surface area contributed by atoms with Gasteiger partial charge in [-0.05, 0) is 31.1 Å². The van der Waals surface area contributed by atoms with Gasteiger partial charge in [0.2, 0.25) is 5.91 Å². The number of hydrogen-bond donors (Lipinski definition) is 2. The molecule has 2 N–H and O–H groups in total. The second-order valence-corrected chi connectivity index (χ2v) is 8.25. The van der Waals surface area contributed by atoms with Crippen molar-refractivity contribution in [2.24, 2.45) is 10.5 Å². The highest BCUT2D eigenvalue weighted by Gasteiger charge is 2.51. The van der Waals surface area contributed by atoms with E-state index in [0.29, 0.717) is 31.0 Å². The zero-order valence-electron chi connectivity index (χ0n) is 14.8. The van der Waals surface area contributed by atoms with E-state index in [2.05, 4.69) is 20.7 Å². The number of aromatic amines is 1. The number of hydrazone groups is 1. The average molecular weight is 356 g/mol. The summed E-state index contributed by atoms with van der Waals surface area (Å²) in [5.74, 6) is 2.47. The molecular weight excluding hydrogens is 332 g/mol. The summed E-state index contributed by atoms with van der Waals surface area (Å²) in [4.78, 5) is 31.0. The van der Waals surface area contributed by atoms with Crippen LogP contribution in [0.1, 0.15) is 74.9 Å². The van der Waals surface area contributed by atoms with E-state index in [1.165, 1.54) is 25.7 Å². The Morgan fingerprint density at radius 3 is 2.69 bits per heavy atom. The van der Waals surface area contributed by atoms with Crippen LogP contribution in [0, 0.1) is 5.41 Å². The van der Waals surface area contributed by atoms with Crippen molar-refractivity contribution < 1.29 is 9.59 Å². The molecule has 138 valence electrons. The van der Waals surface area contributed by atoms with Crippen molar-refractivity contribution in [3.63, 3.8) is 0 Å². The first-order valence-corrected chi connectivity index (χ1v) is 9.71. The van der Waals surface area contributed by atoms with Crippen molar-refractivity contribution in [2.45, 2.75) is 63.2 Å². The molecule has 3 fully saturated rings. The molecule has 1 spiro atoms. The Balaban J connectivity index is 1.39. The van der Waals surface area contributed by atoms with Crippen LogP contribution in [0.25, 0.3) is 0 Å². The van der Waals surface area contributed by atoms with E-state index in [9.17, 15) is 9.59 Å². The predicted molar refractivity (Wildman–Crippen MR) is 93.4 cm³/mol. The maximum absolute atomic E-state index is 12.9. The van der Waals surface area contributed by atoms with Gasteiger partial charge >= 0.3 is 0 Å². The molecule has 1 atom stereocenters. The summed E-state index contributed by atoms with van der Waals surface area (Å²) in [6.07, 6.45) is 7.80. The molecule has 0 bridgehead atoms. The van der Waals surface area contributed by atoms with Crippen molar-refractivity contribution in [1.82, 2.24) is 25.5 Å². The van der Waals surface area contributed by atoms with Crippen molar-refractivity contribution in [3.05, 3.63) is 11.6 Å². The van der Waals surface area contributed by atoms with Gasteiger partial charge in [0, 0.05) is 37.8 Å². The SMILES string of the molecule is O=C1CCC(C(=O)N2CC(c3nc(C4CC4)n[nH]3)C3(CCCC3)C2)=NN1. The number of nitrogens with zero attached hydrogens (tertiary/aromatic N) is 4. The second-order valence-electron chi connectivity index (χ2n) is 8.25. The lowest BCUT2D eigenvalue weighted by Gasteiger charge is -2.28. The minimum Gasteiger partial charge on any atom is -0.336 e. The third-order valence-corrected chi connectivity index (χ3v) is 6.48. The number of amides is 2. The van der Waals surface area contributed by atoms with Crippen LogP contribution >= 0.6 is 0 Å². The van der Waals surface area contributed by atoms with Crippen molar-refractivity contribution in [2.75, 3.05) is 13.1 Å². The van der Waals surface area contributed by atoms with Crippen LogP contribution in [0.4, 0.5) is 0 Å². The summed E-state index contributed by atoms with van der Waals surface area (Å²) in [5.41, 5.74) is 3.01. The molecule has 26 heavy (non-hydrogen) atoms. The van der Waals surface area contributed by atoms with Gasteiger partial charge in [-0.3, -0.25) is 14.7 Å². The first kappa shape index (κ1) is 16.0. The molecule has 2 amide bonds. The molecule has 1 aromatic rings. The molecule has 2 aliphatic carbocycles. The first-order valence-electron chi connectivity index (χ1n) is 9.71. The quantitative estimate of drug-likeness (QED) is 0.855. The molecule has 2 aliphatic heterocycles. The molecule has 1 unspecified atom stereocenters. The van der Waals surface area contributed by atoms with Gasteiger partial charge in [-0.1, -0.05) is 12.8 Å². The highest BCUT2D eigenvalue weighted by Crippen LogP contribution is 2.53. The summed E-state index contributed by atoms with van der Waals surface area (Å²) in [5, 5.41) is 11.6. The minimum absolute atomic E-state index is 0.0410. The van der Waals surface area contributed by atoms with Crippen molar-refractivity contribution in [1.29, 1.82) is 0 Å². The summed E-state index contributed by atoms with van der Waals surface area (Å²) in [6, 6.07) is 0. The fourth-order valence-corrected chi connectivity index (χ4v) is 4.86. The van der Waals surface area contributed by atoms with Gasteiger partial charge in [-0.2, -0.15) is 10.2 Å². The van der Waals surface area contributed by atoms with E-state index in [1.54, 1.807) is 0 Å². The molecule has 3 heterocycles. The van der Waals surface area contributed by atoms with Gasteiger partial charge < -0.3 is 4.90 Å². The number of carbonyl (C=O) groups excluding carboxylic acids is 2. The summed E-state index contributed by atoms with van der Waals surface area (Å²) < 4.78 is 0. The lowest BCUT2D eigenvalue weighted by atomic mass is 9.76. The molecular formula is C18H24N6O2. The van der Waals surface area contributed by atoms with Gasteiger partial charge in [0.25, 0.3) is 5.91 Å². The van der Waals surface area contributed by atoms with E-state index >= 15 is 0 Å². The molecule has 1 aromatic heterocycles. The average Bonchev–Trinajstić information content (AvgIpc) is 3.08. The lowest BCUT2D eigenvalue weighted by Crippen LogP contribution is -2.39. The molecule has 0 aromatic carbocycles. The summed E-state index contributed by atoms with van der Waals surface area (Å²) >= 11 is 0. The smallest absolute Gasteiger partial charge is 0.270 e. The standard InChI is InChI=1S/C18H24N6O2/c25-14-6-5-13(20-21-14)17(26)24-9-12(18(10-24)7-1-2-8-18)16-19-15(22-23-16)11-3-4-11/h11-12H,1-10H2,(H,21,25)(H,19,22,23). The van der Waals surface area contributed by atoms with Crippen LogP contribution < -0.4 is 5.43 Å². The maximum atomic E-state index is 12.9. The zero-order chi connectivity index (χ0) is 17.7. The number of carbonyl (C=O) groups is 2. The Kier molecular flexibility index (Phi) is 3.62. The monoisotopic (exact) mass is 356 g/mol. The second kappa shape index (κ2) is 5.89. The topological polar surface area (TPSA) is 103 Å². The van der Waals surface area contributed by atoms with E-state index in [1.807, 2.05) is 4.90 Å². The minimum atomic E-state index is -0.123. The summed E-state index contributed by atoms with van der Waals surface area (Å²) in [6.45, 7) is 1.41. The third kappa shape index (κ3) is 2.62. The highest BCUT2D eigenvalue weighted by atomic mass is 16.2. The maximum Gasteiger partial charge on any atom is 0.270 e. The Hall–Kier alpha value is -2.25. The fourth-order valence-electron chi connectivity index (χ4n) is 4.86. The Morgan fingerprint density at radius 2 is 2.00 bits per heavy atom. The van der Waals surface area contributed by atoms with Gasteiger partial charge in [0.15, 0.2) is 5.82 Å². The van der Waals surface area contributed by atoms with Gasteiger partial charge in [0.1, 0.15) is 11.5 Å². The number of rotatable bonds is 3. The van der Waals surface area contributed by atoms with Crippen LogP contribution in [0.3, 0.4) is 0 Å². The molecule has 8 heteroatoms. The molecule has 1 saturated heterocycles. The predicted octanol–water partition coefficient (Wildman–Crippen LogP) is 1.43. The van der Waals surface area contributed by atoms with Gasteiger partial charge in [-0.15, -0.1) is 0 Å². The zero-order valence-corrected chi connectivity index (χ0v) is 14.8. The normalized spacial score (nSPS) is 27.7. The summed E-state index contributed by atoms with van der Waals surface area (Å²) in [7, 11) is 0. The van der Waals surface area contributed by atoms with E-state index in [4.69, 9.17) is 4.98 Å². The highest BCUT2D eigenvalue weighted by molar-refractivity contribution is 6.39. The van der Waals surface area contributed by atoms with Crippen LogP contribution in [0.15, 0.2) is 5.10 Å². The number of hydrogen-bond acceptors (Lipinski definition) is 5. The number of nitrogens with one attached hydrogen (secondary N) is 2. The molecule has 4 aliphatic rings. The molecule has 5 rings (SSSR count). The van der Waals surface area contributed by atoms with Crippen LogP contribution in [0.2, 0.25) is 0 Å². The lowest BCUT2D eigenvalue weighted by molar-refractivity contribution is -0.124. The number of aromatic nitrogens is 3. The molecule has 8 nitrogen and oxygen atoms in total. The molecule has 0 radical (unpaired) electrons. The number of H-pyrrole nitrogens is 1. The fraction of sp³-hybridized carbons (Fsp3) is 0.722. The van der Waals surface area contributed by atoms with Crippen LogP contribution in [0.5, 0.6) is 0 Å². The van der Waals surface area contributed by atoms with E-state index < -0.39 is 0 Å². The Labute approximate surface area is 151 Å². The Morgan fingerprint density at radius 1 is 1.19 bits per heavy atom. The first-order chi connectivity index (χ1) is 12.6. The van der Waals surface area contributed by atoms with Crippen molar-refractivity contribution >= 4 is 17.5 Å². The van der Waals surface area contributed by atoms with E-state index in [0.717, 1.165) is 31.0 Å². The van der Waals surface area contributed by atoms with Gasteiger partial charge in [0.05, 0.1) is 0 Å². The van der Waals surface area contributed by atoms with E-state index in [-0.39, 0.29) is 23.1 Å². The largest absolute Gasteiger partial charge is 0.336 e.